The Kier molecular flexibility index (Phi) is 12.7. The molecule has 10 heteroatoms. The molecule has 0 saturated carbocycles. The van der Waals surface area contributed by atoms with Crippen LogP contribution in [0.3, 0.4) is 0 Å². The van der Waals surface area contributed by atoms with Gasteiger partial charge < -0.3 is 20.2 Å². The Morgan fingerprint density at radius 1 is 0.977 bits per heavy atom. The van der Waals surface area contributed by atoms with E-state index in [1.807, 2.05) is 37.3 Å². The highest BCUT2D eigenvalue weighted by atomic mass is 16.7. The van der Waals surface area contributed by atoms with Crippen LogP contribution in [0.5, 0.6) is 0 Å². The summed E-state index contributed by atoms with van der Waals surface area (Å²) in [6.07, 6.45) is 4.44. The number of furan rings is 1. The number of benzene rings is 2. The summed E-state index contributed by atoms with van der Waals surface area (Å²) in [5, 5.41) is 16.1. The first-order valence-corrected chi connectivity index (χ1v) is 15.0. The Hall–Kier alpha value is -4.44. The van der Waals surface area contributed by atoms with Gasteiger partial charge >= 0.3 is 5.97 Å². The second-order valence-corrected chi connectivity index (χ2v) is 11.2. The highest BCUT2D eigenvalue weighted by molar-refractivity contribution is 5.92. The Balaban J connectivity index is 1.61. The largest absolute Gasteiger partial charge is 0.481 e. The summed E-state index contributed by atoms with van der Waals surface area (Å²) in [7, 11) is 0. The number of nitrogens with zero attached hydrogens (tertiary/aromatic N) is 1. The quantitative estimate of drug-likeness (QED) is 0.0734. The molecule has 2 atom stereocenters. The molecular formula is C34H43N3O7. The number of hydroxylamine groups is 2. The van der Waals surface area contributed by atoms with Crippen molar-refractivity contribution in [2.45, 2.75) is 77.9 Å². The minimum absolute atomic E-state index is 0.0663. The number of rotatable bonds is 18. The van der Waals surface area contributed by atoms with Crippen LogP contribution >= 0.6 is 0 Å². The van der Waals surface area contributed by atoms with Crippen LogP contribution in [-0.4, -0.2) is 47.1 Å². The third-order valence-electron chi connectivity index (χ3n) is 7.76. The molecule has 0 spiro atoms. The first-order chi connectivity index (χ1) is 21.1. The van der Waals surface area contributed by atoms with Crippen LogP contribution in [0.25, 0.3) is 11.3 Å². The number of hydrogen-bond donors (Lipinski definition) is 3. The SMILES string of the molecule is CCCCC[C@@H](C(=O)NCNC(=O)c1ccc(-c2ccc(C(C)(C)C(=O)O)cc2)o1)[C@@H](CC)N(C=O)OCc1ccccc1. The molecular weight excluding hydrogens is 562 g/mol. The lowest BCUT2D eigenvalue weighted by atomic mass is 9.84. The monoisotopic (exact) mass is 605 g/mol. The molecule has 0 radical (unpaired) electrons. The van der Waals surface area contributed by atoms with Crippen molar-refractivity contribution in [2.24, 2.45) is 5.92 Å². The van der Waals surface area contributed by atoms with Gasteiger partial charge in [0.25, 0.3) is 5.91 Å². The summed E-state index contributed by atoms with van der Waals surface area (Å²) in [4.78, 5) is 55.5. The van der Waals surface area contributed by atoms with Gasteiger partial charge in [0.15, 0.2) is 5.76 Å². The maximum absolute atomic E-state index is 13.4. The highest BCUT2D eigenvalue weighted by Crippen LogP contribution is 2.28. The van der Waals surface area contributed by atoms with Gasteiger partial charge in [-0.05, 0) is 49.9 Å². The first kappa shape index (κ1) is 34.1. The lowest BCUT2D eigenvalue weighted by Crippen LogP contribution is -2.48. The van der Waals surface area contributed by atoms with Crippen molar-refractivity contribution < 1.29 is 33.5 Å². The molecule has 44 heavy (non-hydrogen) atoms. The number of nitrogens with one attached hydrogen (secondary N) is 2. The Labute approximate surface area is 258 Å². The van der Waals surface area contributed by atoms with Gasteiger partial charge in [-0.2, -0.15) is 0 Å². The summed E-state index contributed by atoms with van der Waals surface area (Å²) in [6.45, 7) is 7.32. The average molecular weight is 606 g/mol. The van der Waals surface area contributed by atoms with E-state index in [-0.39, 0.29) is 24.9 Å². The fraction of sp³-hybridized carbons (Fsp3) is 0.412. The van der Waals surface area contributed by atoms with Crippen LogP contribution in [0.2, 0.25) is 0 Å². The molecule has 1 heterocycles. The Bertz CT molecular complexity index is 1370. The minimum atomic E-state index is -1.04. The molecule has 0 fully saturated rings. The predicted octanol–water partition coefficient (Wildman–Crippen LogP) is 5.68. The van der Waals surface area contributed by atoms with E-state index in [9.17, 15) is 24.3 Å². The van der Waals surface area contributed by atoms with Crippen molar-refractivity contribution in [3.63, 3.8) is 0 Å². The third kappa shape index (κ3) is 9.03. The van der Waals surface area contributed by atoms with Gasteiger partial charge in [-0.25, -0.2) is 5.06 Å². The second-order valence-electron chi connectivity index (χ2n) is 11.2. The van der Waals surface area contributed by atoms with Gasteiger partial charge in [-0.15, -0.1) is 0 Å². The molecule has 0 saturated heterocycles. The number of aliphatic carboxylic acids is 1. The summed E-state index contributed by atoms with van der Waals surface area (Å²) < 4.78 is 5.74. The maximum Gasteiger partial charge on any atom is 0.313 e. The molecule has 0 aliphatic rings. The van der Waals surface area contributed by atoms with Gasteiger partial charge in [0, 0.05) is 5.56 Å². The van der Waals surface area contributed by atoms with Gasteiger partial charge in [0.1, 0.15) is 12.4 Å². The van der Waals surface area contributed by atoms with Gasteiger partial charge in [-0.3, -0.25) is 24.0 Å². The lowest BCUT2D eigenvalue weighted by molar-refractivity contribution is -0.200. The number of carbonyl (C=O) groups is 4. The predicted molar refractivity (Wildman–Crippen MR) is 166 cm³/mol. The van der Waals surface area contributed by atoms with Crippen molar-refractivity contribution in [3.8, 4) is 11.3 Å². The number of unbranched alkanes of at least 4 members (excludes halogenated alkanes) is 2. The molecule has 0 unspecified atom stereocenters. The van der Waals surface area contributed by atoms with Gasteiger partial charge in [0.2, 0.25) is 12.3 Å². The molecule has 10 nitrogen and oxygen atoms in total. The van der Waals surface area contributed by atoms with Crippen molar-refractivity contribution in [2.75, 3.05) is 6.67 Å². The van der Waals surface area contributed by atoms with Crippen LogP contribution in [0.15, 0.2) is 71.1 Å². The van der Waals surface area contributed by atoms with Crippen LogP contribution in [0.4, 0.5) is 0 Å². The first-order valence-electron chi connectivity index (χ1n) is 15.0. The lowest BCUT2D eigenvalue weighted by Gasteiger charge is -2.32. The Morgan fingerprint density at radius 3 is 2.30 bits per heavy atom. The molecule has 3 aromatic rings. The second kappa shape index (κ2) is 16.4. The molecule has 3 rings (SSSR count). The molecule has 0 aliphatic heterocycles. The van der Waals surface area contributed by atoms with E-state index in [0.29, 0.717) is 36.1 Å². The van der Waals surface area contributed by atoms with Crippen molar-refractivity contribution in [3.05, 3.63) is 83.6 Å². The molecule has 0 bridgehead atoms. The molecule has 236 valence electrons. The molecule has 3 amide bonds. The number of carboxylic acids is 1. The van der Waals surface area contributed by atoms with E-state index >= 15 is 0 Å². The van der Waals surface area contributed by atoms with E-state index in [1.165, 1.54) is 11.1 Å². The van der Waals surface area contributed by atoms with Gasteiger partial charge in [0.05, 0.1) is 24.0 Å². The topological polar surface area (TPSA) is 138 Å². The van der Waals surface area contributed by atoms with Crippen molar-refractivity contribution in [1.29, 1.82) is 0 Å². The number of carboxylic acid groups (broad SMARTS) is 1. The molecule has 2 aromatic carbocycles. The van der Waals surface area contributed by atoms with Crippen LogP contribution < -0.4 is 10.6 Å². The van der Waals surface area contributed by atoms with Gasteiger partial charge in [-0.1, -0.05) is 87.7 Å². The minimum Gasteiger partial charge on any atom is -0.481 e. The van der Waals surface area contributed by atoms with Crippen molar-refractivity contribution in [1.82, 2.24) is 15.7 Å². The molecule has 1 aromatic heterocycles. The fourth-order valence-electron chi connectivity index (χ4n) is 4.90. The summed E-state index contributed by atoms with van der Waals surface area (Å²) >= 11 is 0. The molecule has 0 aliphatic carbocycles. The number of carbonyl (C=O) groups excluding carboxylic acids is 3. The summed E-state index contributed by atoms with van der Waals surface area (Å²) in [5.74, 6) is -1.73. The van der Waals surface area contributed by atoms with E-state index in [2.05, 4.69) is 17.6 Å². The maximum atomic E-state index is 13.4. The number of amides is 3. The third-order valence-corrected chi connectivity index (χ3v) is 7.76. The standard InChI is InChI=1S/C34H43N3O7/c1-5-7-9-14-27(28(6-2)37(23-38)43-21-24-12-10-8-11-13-24)31(39)35-22-36-32(40)30-20-19-29(44-30)25-15-17-26(18-16-25)34(3,4)33(41)42/h8,10-13,15-20,23,27-28H,5-7,9,14,21-22H2,1-4H3,(H,35,39)(H,36,40)(H,41,42)/t27-,28-/m1/s1. The summed E-state index contributed by atoms with van der Waals surface area (Å²) in [6, 6.07) is 19.1. The fourth-order valence-corrected chi connectivity index (χ4v) is 4.90. The van der Waals surface area contributed by atoms with E-state index in [1.54, 1.807) is 44.2 Å². The zero-order chi connectivity index (χ0) is 32.1. The zero-order valence-corrected chi connectivity index (χ0v) is 25.9. The normalized spacial score (nSPS) is 12.6. The van der Waals surface area contributed by atoms with Crippen LogP contribution in [0, 0.1) is 5.92 Å². The Morgan fingerprint density at radius 2 is 1.68 bits per heavy atom. The molecule has 3 N–H and O–H groups in total. The van der Waals surface area contributed by atoms with E-state index < -0.39 is 29.3 Å². The van der Waals surface area contributed by atoms with Crippen LogP contribution in [0.1, 0.15) is 81.5 Å². The van der Waals surface area contributed by atoms with Crippen LogP contribution in [-0.2, 0) is 31.2 Å². The highest BCUT2D eigenvalue weighted by Gasteiger charge is 2.32. The smallest absolute Gasteiger partial charge is 0.313 e. The zero-order valence-electron chi connectivity index (χ0n) is 25.9. The van der Waals surface area contributed by atoms with E-state index in [4.69, 9.17) is 9.25 Å². The summed E-state index contributed by atoms with van der Waals surface area (Å²) in [5.41, 5.74) is 1.21. The average Bonchev–Trinajstić information content (AvgIpc) is 3.53. The number of hydrogen-bond acceptors (Lipinski definition) is 6. The van der Waals surface area contributed by atoms with E-state index in [0.717, 1.165) is 24.8 Å². The van der Waals surface area contributed by atoms with Crippen molar-refractivity contribution >= 4 is 24.2 Å².